The Bertz CT molecular complexity index is 842. The van der Waals surface area contributed by atoms with Crippen LogP contribution in [-0.2, 0) is 13.1 Å². The molecule has 0 atom stereocenters. The van der Waals surface area contributed by atoms with Crippen molar-refractivity contribution in [3.05, 3.63) is 59.7 Å². The Morgan fingerprint density at radius 3 is 2.30 bits per heavy atom. The van der Waals surface area contributed by atoms with Gasteiger partial charge < -0.3 is 25.4 Å². The Kier molecular flexibility index (Phi) is 12.3. The fraction of sp³-hybridized carbons (Fsp3) is 0.480. The molecule has 7 nitrogen and oxygen atoms in total. The molecule has 1 aliphatic heterocycles. The van der Waals surface area contributed by atoms with Crippen molar-refractivity contribution in [1.82, 2.24) is 15.1 Å². The molecule has 0 aromatic heterocycles. The van der Waals surface area contributed by atoms with Gasteiger partial charge in [-0.15, -0.1) is 24.0 Å². The number of guanidine groups is 1. The number of nitrogens with two attached hydrogens (primary N) is 1. The maximum Gasteiger partial charge on any atom is 0.188 e. The van der Waals surface area contributed by atoms with Crippen LogP contribution in [-0.4, -0.2) is 69.2 Å². The maximum absolute atomic E-state index is 6.02. The summed E-state index contributed by atoms with van der Waals surface area (Å²) in [5.74, 6) is 1.89. The largest absolute Gasteiger partial charge is 0.493 e. The van der Waals surface area contributed by atoms with E-state index in [2.05, 4.69) is 50.4 Å². The zero-order valence-corrected chi connectivity index (χ0v) is 22.2. The van der Waals surface area contributed by atoms with Crippen molar-refractivity contribution in [2.24, 2.45) is 10.7 Å². The van der Waals surface area contributed by atoms with Gasteiger partial charge in [-0.3, -0.25) is 4.90 Å². The second-order valence-corrected chi connectivity index (χ2v) is 8.13. The molecule has 0 aliphatic carbocycles. The average molecular weight is 568 g/mol. The van der Waals surface area contributed by atoms with Gasteiger partial charge in [-0.05, 0) is 42.6 Å². The van der Waals surface area contributed by atoms with Gasteiger partial charge >= 0.3 is 0 Å². The lowest BCUT2D eigenvalue weighted by Crippen LogP contribution is -2.46. The first-order valence-electron chi connectivity index (χ1n) is 11.4. The van der Waals surface area contributed by atoms with Crippen LogP contribution in [0.2, 0.25) is 0 Å². The summed E-state index contributed by atoms with van der Waals surface area (Å²) >= 11 is 0. The van der Waals surface area contributed by atoms with Crippen LogP contribution in [0, 0.1) is 0 Å². The fourth-order valence-corrected chi connectivity index (χ4v) is 3.90. The lowest BCUT2D eigenvalue weighted by Gasteiger charge is -2.34. The van der Waals surface area contributed by atoms with Crippen LogP contribution in [0.3, 0.4) is 0 Å². The van der Waals surface area contributed by atoms with Crippen LogP contribution < -0.4 is 20.5 Å². The van der Waals surface area contributed by atoms with Crippen LogP contribution in [0.5, 0.6) is 11.5 Å². The minimum absolute atomic E-state index is 0. The molecule has 182 valence electrons. The molecule has 3 N–H and O–H groups in total. The number of hydrogen-bond acceptors (Lipinski definition) is 5. The van der Waals surface area contributed by atoms with Gasteiger partial charge in [0.1, 0.15) is 0 Å². The Morgan fingerprint density at radius 2 is 1.61 bits per heavy atom. The van der Waals surface area contributed by atoms with Gasteiger partial charge in [0.05, 0.1) is 20.8 Å². The van der Waals surface area contributed by atoms with E-state index in [1.807, 2.05) is 18.2 Å². The van der Waals surface area contributed by atoms with Crippen molar-refractivity contribution in [3.63, 3.8) is 0 Å². The van der Waals surface area contributed by atoms with Gasteiger partial charge in [-0.1, -0.05) is 36.4 Å². The molecular formula is C25H38IN5O2. The number of piperazine rings is 1. The smallest absolute Gasteiger partial charge is 0.188 e. The molecule has 0 spiro atoms. The van der Waals surface area contributed by atoms with Crippen LogP contribution in [0.15, 0.2) is 53.5 Å². The Balaban J connectivity index is 0.00000385. The summed E-state index contributed by atoms with van der Waals surface area (Å²) in [5.41, 5.74) is 8.45. The maximum atomic E-state index is 6.02. The number of benzene rings is 2. The molecule has 0 bridgehead atoms. The van der Waals surface area contributed by atoms with Crippen LogP contribution in [0.25, 0.3) is 0 Å². The number of aliphatic imine (C=N–C) groups is 1. The van der Waals surface area contributed by atoms with Gasteiger partial charge in [0.15, 0.2) is 17.5 Å². The topological polar surface area (TPSA) is 75.4 Å². The minimum Gasteiger partial charge on any atom is -0.493 e. The van der Waals surface area contributed by atoms with E-state index in [-0.39, 0.29) is 24.0 Å². The summed E-state index contributed by atoms with van der Waals surface area (Å²) in [6, 6.07) is 16.5. The molecule has 1 saturated heterocycles. The second kappa shape index (κ2) is 15.0. The van der Waals surface area contributed by atoms with Crippen molar-refractivity contribution in [1.29, 1.82) is 0 Å². The highest BCUT2D eigenvalue weighted by Gasteiger charge is 2.16. The zero-order valence-electron chi connectivity index (χ0n) is 19.8. The number of halogens is 1. The summed E-state index contributed by atoms with van der Waals surface area (Å²) in [7, 11) is 3.26. The number of methoxy groups -OCH3 is 2. The van der Waals surface area contributed by atoms with Crippen molar-refractivity contribution >= 4 is 29.9 Å². The zero-order chi connectivity index (χ0) is 22.6. The van der Waals surface area contributed by atoms with E-state index in [1.165, 1.54) is 5.56 Å². The minimum atomic E-state index is 0. The molecule has 0 unspecified atom stereocenters. The number of nitrogens with zero attached hydrogens (tertiary/aromatic N) is 3. The number of hydrogen-bond donors (Lipinski definition) is 2. The van der Waals surface area contributed by atoms with Gasteiger partial charge in [0.25, 0.3) is 0 Å². The van der Waals surface area contributed by atoms with Crippen molar-refractivity contribution in [3.8, 4) is 11.5 Å². The predicted molar refractivity (Wildman–Crippen MR) is 146 cm³/mol. The van der Waals surface area contributed by atoms with Crippen LogP contribution in [0.1, 0.15) is 24.0 Å². The molecule has 3 rings (SSSR count). The number of nitrogens with one attached hydrogen (secondary N) is 1. The van der Waals surface area contributed by atoms with Gasteiger partial charge in [-0.2, -0.15) is 0 Å². The van der Waals surface area contributed by atoms with Gasteiger partial charge in [-0.25, -0.2) is 4.99 Å². The van der Waals surface area contributed by atoms with Gasteiger partial charge in [0.2, 0.25) is 0 Å². The monoisotopic (exact) mass is 567 g/mol. The average Bonchev–Trinajstić information content (AvgIpc) is 2.84. The molecule has 0 saturated carbocycles. The normalized spacial score (nSPS) is 15.0. The fourth-order valence-electron chi connectivity index (χ4n) is 3.90. The molecule has 33 heavy (non-hydrogen) atoms. The molecular weight excluding hydrogens is 529 g/mol. The van der Waals surface area contributed by atoms with E-state index in [0.717, 1.165) is 64.2 Å². The Morgan fingerprint density at radius 1 is 0.909 bits per heavy atom. The van der Waals surface area contributed by atoms with E-state index in [1.54, 1.807) is 14.2 Å². The lowest BCUT2D eigenvalue weighted by molar-refractivity contribution is 0.126. The summed E-state index contributed by atoms with van der Waals surface area (Å²) < 4.78 is 10.6. The number of ether oxygens (including phenoxy) is 2. The highest BCUT2D eigenvalue weighted by atomic mass is 127. The molecule has 1 aliphatic rings. The molecule has 1 fully saturated rings. The summed E-state index contributed by atoms with van der Waals surface area (Å²) in [6.07, 6.45) is 2.24. The third-order valence-electron chi connectivity index (χ3n) is 5.80. The molecule has 0 amide bonds. The van der Waals surface area contributed by atoms with E-state index >= 15 is 0 Å². The highest BCUT2D eigenvalue weighted by molar-refractivity contribution is 14.0. The van der Waals surface area contributed by atoms with E-state index in [4.69, 9.17) is 15.2 Å². The molecule has 8 heteroatoms. The second-order valence-electron chi connectivity index (χ2n) is 8.13. The first-order valence-corrected chi connectivity index (χ1v) is 11.4. The van der Waals surface area contributed by atoms with Crippen LogP contribution in [0.4, 0.5) is 0 Å². The summed E-state index contributed by atoms with van der Waals surface area (Å²) in [5, 5.41) is 3.22. The number of unbranched alkanes of at least 4 members (excludes halogenated alkanes) is 1. The van der Waals surface area contributed by atoms with Crippen molar-refractivity contribution in [2.75, 3.05) is 53.5 Å². The van der Waals surface area contributed by atoms with Crippen molar-refractivity contribution in [2.45, 2.75) is 25.9 Å². The third kappa shape index (κ3) is 9.38. The molecule has 1 heterocycles. The molecule has 0 radical (unpaired) electrons. The first kappa shape index (κ1) is 27.2. The van der Waals surface area contributed by atoms with Crippen LogP contribution >= 0.6 is 24.0 Å². The quantitative estimate of drug-likeness (QED) is 0.188. The van der Waals surface area contributed by atoms with E-state index in [0.29, 0.717) is 24.0 Å². The van der Waals surface area contributed by atoms with Crippen molar-refractivity contribution < 1.29 is 9.47 Å². The van der Waals surface area contributed by atoms with Gasteiger partial charge in [0, 0.05) is 39.3 Å². The lowest BCUT2D eigenvalue weighted by atomic mass is 10.2. The van der Waals surface area contributed by atoms with E-state index < -0.39 is 0 Å². The highest BCUT2D eigenvalue weighted by Crippen LogP contribution is 2.27. The summed E-state index contributed by atoms with van der Waals surface area (Å²) in [4.78, 5) is 9.54. The Labute approximate surface area is 215 Å². The SMILES string of the molecule is COc1ccc(CN=C(N)NCCCCN2CCN(Cc3ccccc3)CC2)cc1OC.I. The Hall–Kier alpha value is -2.04. The van der Waals surface area contributed by atoms with E-state index in [9.17, 15) is 0 Å². The molecule has 2 aromatic carbocycles. The predicted octanol–water partition coefficient (Wildman–Crippen LogP) is 3.32. The summed E-state index contributed by atoms with van der Waals surface area (Å²) in [6.45, 7) is 8.13. The molecule has 2 aromatic rings. The third-order valence-corrected chi connectivity index (χ3v) is 5.80. The first-order chi connectivity index (χ1) is 15.7. The number of rotatable bonds is 11. The standard InChI is InChI=1S/C25H37N5O2.HI/c1-31-23-11-10-22(18-24(23)32-2)19-28-25(26)27-12-6-7-13-29-14-16-30(17-15-29)20-21-8-4-3-5-9-21;/h3-5,8-11,18H,6-7,12-17,19-20H2,1-2H3,(H3,26,27,28);1H.